The maximum atomic E-state index is 5.02. The van der Waals surface area contributed by atoms with E-state index >= 15 is 0 Å². The maximum absolute atomic E-state index is 5.02. The monoisotopic (exact) mass is 288 g/mol. The molecule has 3 aromatic rings. The van der Waals surface area contributed by atoms with E-state index in [0.29, 0.717) is 15.2 Å². The predicted octanol–water partition coefficient (Wildman–Crippen LogP) is 2.43. The lowest BCUT2D eigenvalue weighted by Gasteiger charge is -1.97. The van der Waals surface area contributed by atoms with Crippen LogP contribution in [0.2, 0.25) is 0 Å². The number of nitrogens with zero attached hydrogens (tertiary/aromatic N) is 4. The molecule has 19 heavy (non-hydrogen) atoms. The number of aromatic nitrogens is 5. The van der Waals surface area contributed by atoms with Crippen LogP contribution in [-0.2, 0) is 0 Å². The molecule has 8 heteroatoms. The van der Waals surface area contributed by atoms with E-state index in [1.165, 1.54) is 4.68 Å². The molecular formula is C11H8N6S2. The van der Waals surface area contributed by atoms with E-state index < -0.39 is 0 Å². The topological polar surface area (TPSA) is 74.7 Å². The van der Waals surface area contributed by atoms with Gasteiger partial charge in [-0.2, -0.15) is 9.78 Å². The van der Waals surface area contributed by atoms with E-state index in [1.54, 1.807) is 12.4 Å². The van der Waals surface area contributed by atoms with E-state index in [1.807, 2.05) is 24.3 Å². The Morgan fingerprint density at radius 3 is 2.53 bits per heavy atom. The molecule has 0 radical (unpaired) electrons. The largest absolute Gasteiger partial charge is 0.273 e. The third-order valence-electron chi connectivity index (χ3n) is 2.43. The van der Waals surface area contributed by atoms with Gasteiger partial charge in [0.1, 0.15) is 5.69 Å². The first kappa shape index (κ1) is 11.9. The quantitative estimate of drug-likeness (QED) is 0.561. The van der Waals surface area contributed by atoms with Crippen molar-refractivity contribution in [1.29, 1.82) is 0 Å². The van der Waals surface area contributed by atoms with Crippen molar-refractivity contribution >= 4 is 41.7 Å². The van der Waals surface area contributed by atoms with Crippen molar-refractivity contribution < 1.29 is 0 Å². The second kappa shape index (κ2) is 4.82. The zero-order chi connectivity index (χ0) is 13.2. The Hall–Kier alpha value is -2.19. The predicted molar refractivity (Wildman–Crippen MR) is 77.3 cm³/mol. The van der Waals surface area contributed by atoms with Crippen molar-refractivity contribution in [3.05, 3.63) is 45.7 Å². The maximum Gasteiger partial charge on any atom is 0.215 e. The van der Waals surface area contributed by atoms with Crippen LogP contribution in [0.1, 0.15) is 5.69 Å². The minimum atomic E-state index is 0.398. The molecule has 0 aliphatic carbocycles. The van der Waals surface area contributed by atoms with Crippen molar-refractivity contribution in [3.63, 3.8) is 0 Å². The van der Waals surface area contributed by atoms with Gasteiger partial charge in [-0.25, -0.2) is 4.98 Å². The Bertz CT molecular complexity index is 845. The third-order valence-corrected chi connectivity index (χ3v) is 2.98. The smallest absolute Gasteiger partial charge is 0.215 e. The number of nitrogens with one attached hydrogen (secondary N) is 2. The van der Waals surface area contributed by atoms with Crippen LogP contribution in [0, 0.1) is 9.54 Å². The van der Waals surface area contributed by atoms with E-state index in [0.717, 1.165) is 11.0 Å². The van der Waals surface area contributed by atoms with Crippen LogP contribution in [0.15, 0.2) is 35.6 Å². The van der Waals surface area contributed by atoms with Crippen LogP contribution < -0.4 is 0 Å². The molecule has 0 fully saturated rings. The van der Waals surface area contributed by atoms with Crippen LogP contribution in [0.4, 0.5) is 0 Å². The number of hydrogen-bond acceptors (Lipinski definition) is 5. The highest BCUT2D eigenvalue weighted by molar-refractivity contribution is 7.72. The second-order valence-corrected chi connectivity index (χ2v) is 4.47. The molecule has 0 amide bonds. The lowest BCUT2D eigenvalue weighted by Crippen LogP contribution is -1.95. The average Bonchev–Trinajstić information content (AvgIpc) is 2.76. The Morgan fingerprint density at radius 1 is 1.11 bits per heavy atom. The molecule has 94 valence electrons. The van der Waals surface area contributed by atoms with E-state index in [2.05, 4.69) is 25.3 Å². The Morgan fingerprint density at radius 2 is 1.79 bits per heavy atom. The molecule has 0 bridgehead atoms. The zero-order valence-corrected chi connectivity index (χ0v) is 11.2. The molecule has 1 aromatic carbocycles. The zero-order valence-electron chi connectivity index (χ0n) is 9.57. The Balaban J connectivity index is 2.02. The molecule has 0 aliphatic heterocycles. The molecule has 0 unspecified atom stereocenters. The first-order chi connectivity index (χ1) is 9.24. The van der Waals surface area contributed by atoms with Gasteiger partial charge in [0.2, 0.25) is 9.54 Å². The SMILES string of the molecule is S=c1[nH][nH]c(=S)n1/N=C\c1cnc2ccccc2n1. The van der Waals surface area contributed by atoms with Crippen molar-refractivity contribution in [2.24, 2.45) is 5.10 Å². The lowest BCUT2D eigenvalue weighted by molar-refractivity contribution is 0.847. The average molecular weight is 288 g/mol. The summed E-state index contributed by atoms with van der Waals surface area (Å²) in [6.07, 6.45) is 3.21. The fourth-order valence-electron chi connectivity index (χ4n) is 1.56. The summed E-state index contributed by atoms with van der Waals surface area (Å²) in [6, 6.07) is 7.63. The summed E-state index contributed by atoms with van der Waals surface area (Å²) in [4.78, 5) is 8.72. The summed E-state index contributed by atoms with van der Waals surface area (Å²) < 4.78 is 2.20. The molecule has 0 saturated heterocycles. The standard InChI is InChI=1S/C11H8N6S2/c18-10-15-16-11(19)17(10)13-6-7-5-12-8-3-1-2-4-9(8)14-7/h1-6H,(H,15,18)(H,16,19)/b13-6-. The number of rotatable bonds is 2. The molecule has 3 rings (SSSR count). The van der Waals surface area contributed by atoms with Gasteiger partial charge in [-0.1, -0.05) is 12.1 Å². The van der Waals surface area contributed by atoms with Gasteiger partial charge in [0.25, 0.3) is 0 Å². The summed E-state index contributed by atoms with van der Waals surface area (Å²) in [5.74, 6) is 0. The number of aromatic amines is 2. The first-order valence-corrected chi connectivity index (χ1v) is 6.21. The van der Waals surface area contributed by atoms with Gasteiger partial charge >= 0.3 is 0 Å². The summed E-state index contributed by atoms with van der Waals surface area (Å²) >= 11 is 10.0. The molecule has 0 atom stereocenters. The van der Waals surface area contributed by atoms with Crippen LogP contribution in [0.3, 0.4) is 0 Å². The van der Waals surface area contributed by atoms with Gasteiger partial charge in [0.15, 0.2) is 0 Å². The van der Waals surface area contributed by atoms with Crippen LogP contribution >= 0.6 is 24.4 Å². The van der Waals surface area contributed by atoms with Crippen LogP contribution in [0.5, 0.6) is 0 Å². The highest BCUT2D eigenvalue weighted by Crippen LogP contribution is 2.07. The summed E-state index contributed by atoms with van der Waals surface area (Å²) in [7, 11) is 0. The van der Waals surface area contributed by atoms with Gasteiger partial charge in [0, 0.05) is 0 Å². The van der Waals surface area contributed by atoms with Gasteiger partial charge in [-0.05, 0) is 36.6 Å². The molecule has 0 aliphatic rings. The highest BCUT2D eigenvalue weighted by atomic mass is 32.1. The summed E-state index contributed by atoms with van der Waals surface area (Å²) in [5.41, 5.74) is 2.29. The normalized spacial score (nSPS) is 11.4. The van der Waals surface area contributed by atoms with E-state index in [4.69, 9.17) is 24.4 Å². The number of hydrogen-bond donors (Lipinski definition) is 2. The van der Waals surface area contributed by atoms with Crippen molar-refractivity contribution in [2.75, 3.05) is 0 Å². The molecular weight excluding hydrogens is 280 g/mol. The fourth-order valence-corrected chi connectivity index (χ4v) is 2.00. The van der Waals surface area contributed by atoms with Crippen molar-refractivity contribution in [1.82, 2.24) is 24.8 Å². The molecule has 6 nitrogen and oxygen atoms in total. The number of fused-ring (bicyclic) bond motifs is 1. The van der Waals surface area contributed by atoms with Crippen LogP contribution in [0.25, 0.3) is 11.0 Å². The lowest BCUT2D eigenvalue weighted by atomic mass is 10.3. The van der Waals surface area contributed by atoms with Gasteiger partial charge in [-0.15, -0.1) is 0 Å². The summed E-state index contributed by atoms with van der Waals surface area (Å²) in [6.45, 7) is 0. The molecule has 2 aromatic heterocycles. The van der Waals surface area contributed by atoms with Gasteiger partial charge in [0.05, 0.1) is 23.4 Å². The van der Waals surface area contributed by atoms with E-state index in [-0.39, 0.29) is 0 Å². The molecule has 0 saturated carbocycles. The number of para-hydroxylation sites is 2. The number of H-pyrrole nitrogens is 2. The van der Waals surface area contributed by atoms with Crippen LogP contribution in [-0.4, -0.2) is 31.1 Å². The minimum Gasteiger partial charge on any atom is -0.273 e. The Labute approximate surface area is 117 Å². The van der Waals surface area contributed by atoms with Crippen molar-refractivity contribution in [2.45, 2.75) is 0 Å². The second-order valence-electron chi connectivity index (χ2n) is 3.70. The minimum absolute atomic E-state index is 0.398. The van der Waals surface area contributed by atoms with E-state index in [9.17, 15) is 0 Å². The van der Waals surface area contributed by atoms with Gasteiger partial charge in [-0.3, -0.25) is 15.2 Å². The first-order valence-electron chi connectivity index (χ1n) is 5.40. The highest BCUT2D eigenvalue weighted by Gasteiger charge is 1.97. The van der Waals surface area contributed by atoms with Gasteiger partial charge < -0.3 is 0 Å². The molecule has 2 N–H and O–H groups in total. The van der Waals surface area contributed by atoms with Crippen molar-refractivity contribution in [3.8, 4) is 0 Å². The Kier molecular flexibility index (Phi) is 3.02. The third kappa shape index (κ3) is 2.35. The molecule has 0 spiro atoms. The molecule has 2 heterocycles. The fraction of sp³-hybridized carbons (Fsp3) is 0. The summed E-state index contributed by atoms with van der Waals surface area (Å²) in [5, 5.41) is 9.56. The number of benzene rings is 1.